The van der Waals surface area contributed by atoms with E-state index in [1.54, 1.807) is 18.5 Å². The van der Waals surface area contributed by atoms with E-state index < -0.39 is 0 Å². The fourth-order valence-corrected chi connectivity index (χ4v) is 3.24. The SMILES string of the molecule is CC[C@H]1O[C@@H](n2cnc3c(NC(=O)c4ccccc4)ncnc32)C[C@@H]1N. The number of fused-ring (bicyclic) bond motifs is 1. The monoisotopic (exact) mass is 352 g/mol. The number of nitrogens with one attached hydrogen (secondary N) is 1. The van der Waals surface area contributed by atoms with Gasteiger partial charge in [-0.05, 0) is 18.6 Å². The number of carbonyl (C=O) groups is 1. The first-order valence-electron chi connectivity index (χ1n) is 8.62. The molecule has 1 aliphatic heterocycles. The average Bonchev–Trinajstić information content (AvgIpc) is 3.26. The van der Waals surface area contributed by atoms with Gasteiger partial charge in [0.1, 0.15) is 12.6 Å². The molecule has 3 aromatic rings. The van der Waals surface area contributed by atoms with E-state index in [1.165, 1.54) is 6.33 Å². The highest BCUT2D eigenvalue weighted by atomic mass is 16.5. The Morgan fingerprint density at radius 3 is 2.85 bits per heavy atom. The summed E-state index contributed by atoms with van der Waals surface area (Å²) in [5.74, 6) is 0.127. The Kier molecular flexibility index (Phi) is 4.36. The lowest BCUT2D eigenvalue weighted by Crippen LogP contribution is -2.29. The Bertz CT molecular complexity index is 926. The molecule has 0 unspecified atom stereocenters. The predicted octanol–water partition coefficient (Wildman–Crippen LogP) is 2.10. The normalized spacial score (nSPS) is 22.6. The molecule has 0 bridgehead atoms. The number of carbonyl (C=O) groups excluding carboxylic acids is 1. The van der Waals surface area contributed by atoms with E-state index >= 15 is 0 Å². The Morgan fingerprint density at radius 1 is 1.31 bits per heavy atom. The zero-order valence-electron chi connectivity index (χ0n) is 14.4. The molecule has 8 nitrogen and oxygen atoms in total. The number of hydrogen-bond donors (Lipinski definition) is 2. The van der Waals surface area contributed by atoms with Crippen LogP contribution in [0.4, 0.5) is 5.82 Å². The summed E-state index contributed by atoms with van der Waals surface area (Å²) in [6, 6.07) is 8.95. The van der Waals surface area contributed by atoms with Gasteiger partial charge in [-0.25, -0.2) is 15.0 Å². The highest BCUT2D eigenvalue weighted by molar-refractivity contribution is 6.06. The lowest BCUT2D eigenvalue weighted by atomic mass is 10.1. The van der Waals surface area contributed by atoms with Crippen LogP contribution in [-0.2, 0) is 4.74 Å². The number of nitrogens with two attached hydrogens (primary N) is 1. The van der Waals surface area contributed by atoms with Gasteiger partial charge in [0.25, 0.3) is 5.91 Å². The van der Waals surface area contributed by atoms with Crippen molar-refractivity contribution in [3.63, 3.8) is 0 Å². The summed E-state index contributed by atoms with van der Waals surface area (Å²) in [6.45, 7) is 2.05. The molecule has 2 aromatic heterocycles. The molecular weight excluding hydrogens is 332 g/mol. The second-order valence-electron chi connectivity index (χ2n) is 6.30. The Hall–Kier alpha value is -2.84. The molecule has 3 atom stereocenters. The third kappa shape index (κ3) is 2.93. The van der Waals surface area contributed by atoms with Gasteiger partial charge in [-0.2, -0.15) is 0 Å². The standard InChI is InChI=1S/C18H20N6O2/c1-2-13-12(19)8-14(26-13)24-10-22-15-16(20-9-21-17(15)24)23-18(25)11-6-4-3-5-7-11/h3-7,9-10,12-14H,2,8,19H2,1H3,(H,20,21,23,25)/t12-,13+,14+/m0/s1. The maximum Gasteiger partial charge on any atom is 0.256 e. The molecule has 4 rings (SSSR count). The molecular formula is C18H20N6O2. The maximum atomic E-state index is 12.4. The Balaban J connectivity index is 1.63. The molecule has 1 amide bonds. The number of rotatable bonds is 4. The van der Waals surface area contributed by atoms with Gasteiger partial charge in [0.15, 0.2) is 17.0 Å². The first-order chi connectivity index (χ1) is 12.7. The van der Waals surface area contributed by atoms with Crippen LogP contribution in [0, 0.1) is 0 Å². The number of imidazole rings is 1. The van der Waals surface area contributed by atoms with Gasteiger partial charge in [-0.15, -0.1) is 0 Å². The zero-order chi connectivity index (χ0) is 18.1. The second-order valence-corrected chi connectivity index (χ2v) is 6.30. The summed E-state index contributed by atoms with van der Waals surface area (Å²) in [5.41, 5.74) is 7.82. The van der Waals surface area contributed by atoms with Crippen molar-refractivity contribution in [1.82, 2.24) is 19.5 Å². The van der Waals surface area contributed by atoms with Crippen molar-refractivity contribution < 1.29 is 9.53 Å². The lowest BCUT2D eigenvalue weighted by molar-refractivity contribution is 0.000664. The molecule has 3 heterocycles. The van der Waals surface area contributed by atoms with Crippen LogP contribution in [0.1, 0.15) is 36.4 Å². The first-order valence-corrected chi connectivity index (χ1v) is 8.62. The van der Waals surface area contributed by atoms with Crippen molar-refractivity contribution in [1.29, 1.82) is 0 Å². The molecule has 134 valence electrons. The number of anilines is 1. The Labute approximate surface area is 150 Å². The minimum absolute atomic E-state index is 0.0125. The molecule has 0 aliphatic carbocycles. The topological polar surface area (TPSA) is 108 Å². The van der Waals surface area contributed by atoms with Gasteiger partial charge < -0.3 is 15.8 Å². The quantitative estimate of drug-likeness (QED) is 0.744. The minimum Gasteiger partial charge on any atom is -0.353 e. The maximum absolute atomic E-state index is 12.4. The number of nitrogens with zero attached hydrogens (tertiary/aromatic N) is 4. The van der Waals surface area contributed by atoms with Crippen LogP contribution in [0.3, 0.4) is 0 Å². The summed E-state index contributed by atoms with van der Waals surface area (Å²) in [5, 5.41) is 2.80. The predicted molar refractivity (Wildman–Crippen MR) is 96.5 cm³/mol. The van der Waals surface area contributed by atoms with Crippen LogP contribution in [0.15, 0.2) is 43.0 Å². The third-order valence-corrected chi connectivity index (χ3v) is 4.62. The highest BCUT2D eigenvalue weighted by Crippen LogP contribution is 2.31. The molecule has 1 fully saturated rings. The average molecular weight is 352 g/mol. The van der Waals surface area contributed by atoms with Crippen LogP contribution in [0.5, 0.6) is 0 Å². The molecule has 1 aliphatic rings. The van der Waals surface area contributed by atoms with Crippen molar-refractivity contribution >= 4 is 22.9 Å². The molecule has 0 saturated carbocycles. The first kappa shape index (κ1) is 16.6. The van der Waals surface area contributed by atoms with E-state index in [9.17, 15) is 4.79 Å². The number of ether oxygens (including phenoxy) is 1. The van der Waals surface area contributed by atoms with Crippen molar-refractivity contribution in [2.24, 2.45) is 5.73 Å². The molecule has 0 radical (unpaired) electrons. The summed E-state index contributed by atoms with van der Waals surface area (Å²) >= 11 is 0. The lowest BCUT2D eigenvalue weighted by Gasteiger charge is -2.14. The van der Waals surface area contributed by atoms with Crippen LogP contribution >= 0.6 is 0 Å². The molecule has 3 N–H and O–H groups in total. The summed E-state index contributed by atoms with van der Waals surface area (Å²) in [6.07, 6.45) is 4.43. The number of hydrogen-bond acceptors (Lipinski definition) is 6. The zero-order valence-corrected chi connectivity index (χ0v) is 14.4. The van der Waals surface area contributed by atoms with E-state index in [-0.39, 0.29) is 24.3 Å². The molecule has 1 saturated heterocycles. The van der Waals surface area contributed by atoms with Gasteiger partial charge in [-0.3, -0.25) is 9.36 Å². The minimum atomic E-state index is -0.245. The molecule has 1 aromatic carbocycles. The van der Waals surface area contributed by atoms with E-state index in [0.29, 0.717) is 29.0 Å². The van der Waals surface area contributed by atoms with Gasteiger partial charge >= 0.3 is 0 Å². The van der Waals surface area contributed by atoms with Crippen molar-refractivity contribution in [3.8, 4) is 0 Å². The fraction of sp³-hybridized carbons (Fsp3) is 0.333. The molecule has 0 spiro atoms. The third-order valence-electron chi connectivity index (χ3n) is 4.62. The van der Waals surface area contributed by atoms with Gasteiger partial charge in [0, 0.05) is 18.0 Å². The number of benzene rings is 1. The summed E-state index contributed by atoms with van der Waals surface area (Å²) < 4.78 is 7.87. The van der Waals surface area contributed by atoms with Crippen LogP contribution in [-0.4, -0.2) is 37.6 Å². The second kappa shape index (κ2) is 6.81. The number of aromatic nitrogens is 4. The fourth-order valence-electron chi connectivity index (χ4n) is 3.24. The highest BCUT2D eigenvalue weighted by Gasteiger charge is 2.33. The van der Waals surface area contributed by atoms with Gasteiger partial charge in [-0.1, -0.05) is 25.1 Å². The van der Waals surface area contributed by atoms with E-state index in [4.69, 9.17) is 10.5 Å². The van der Waals surface area contributed by atoms with Crippen molar-refractivity contribution in [2.45, 2.75) is 38.1 Å². The Morgan fingerprint density at radius 2 is 2.12 bits per heavy atom. The summed E-state index contributed by atoms with van der Waals surface area (Å²) in [7, 11) is 0. The van der Waals surface area contributed by atoms with E-state index in [2.05, 4.69) is 27.2 Å². The van der Waals surface area contributed by atoms with E-state index in [0.717, 1.165) is 6.42 Å². The van der Waals surface area contributed by atoms with Crippen LogP contribution < -0.4 is 11.1 Å². The smallest absolute Gasteiger partial charge is 0.256 e. The van der Waals surface area contributed by atoms with E-state index in [1.807, 2.05) is 22.8 Å². The molecule has 26 heavy (non-hydrogen) atoms. The van der Waals surface area contributed by atoms with Crippen molar-refractivity contribution in [3.05, 3.63) is 48.5 Å². The van der Waals surface area contributed by atoms with Crippen molar-refractivity contribution in [2.75, 3.05) is 5.32 Å². The van der Waals surface area contributed by atoms with Gasteiger partial charge in [0.05, 0.1) is 12.4 Å². The van der Waals surface area contributed by atoms with Crippen LogP contribution in [0.2, 0.25) is 0 Å². The molecule has 8 heteroatoms. The summed E-state index contributed by atoms with van der Waals surface area (Å²) in [4.78, 5) is 25.3. The largest absolute Gasteiger partial charge is 0.353 e. The van der Waals surface area contributed by atoms with Crippen LogP contribution in [0.25, 0.3) is 11.2 Å². The van der Waals surface area contributed by atoms with Gasteiger partial charge in [0.2, 0.25) is 0 Å². The number of amides is 1.